The van der Waals surface area contributed by atoms with Gasteiger partial charge < -0.3 is 35.4 Å². The van der Waals surface area contributed by atoms with Gasteiger partial charge in [0.1, 0.15) is 40.8 Å². The molecule has 9 rings (SSSR count). The van der Waals surface area contributed by atoms with Crippen LogP contribution in [0.25, 0.3) is 15.4 Å². The number of aliphatic hydroxyl groups is 1. The van der Waals surface area contributed by atoms with E-state index in [1.54, 1.807) is 34.8 Å². The van der Waals surface area contributed by atoms with E-state index >= 15 is 0 Å². The number of aryl methyl sites for hydroxylation is 3. The molecule has 2 fully saturated rings. The van der Waals surface area contributed by atoms with Crippen molar-refractivity contribution in [1.29, 1.82) is 0 Å². The summed E-state index contributed by atoms with van der Waals surface area (Å²) >= 11 is 9.49. The summed E-state index contributed by atoms with van der Waals surface area (Å²) in [6.45, 7) is 14.9. The molecule has 20 heteroatoms. The number of benzene rings is 2. The van der Waals surface area contributed by atoms with Gasteiger partial charge in [-0.15, -0.1) is 32.9 Å². The molecule has 6 heterocycles. The third kappa shape index (κ3) is 11.2. The van der Waals surface area contributed by atoms with E-state index in [4.69, 9.17) is 26.1 Å². The highest BCUT2D eigenvalue weighted by atomic mass is 35.5. The van der Waals surface area contributed by atoms with Crippen molar-refractivity contribution in [3.8, 4) is 27.1 Å². The third-order valence-corrected chi connectivity index (χ3v) is 16.0. The highest BCUT2D eigenvalue weighted by molar-refractivity contribution is 7.15. The number of halogens is 1. The molecule has 3 aliphatic rings. The van der Waals surface area contributed by atoms with E-state index in [9.17, 15) is 24.3 Å². The summed E-state index contributed by atoms with van der Waals surface area (Å²) in [6, 6.07) is 15.7. The Morgan fingerprint density at radius 2 is 1.63 bits per heavy atom. The number of nitrogens with zero attached hydrogens (tertiary/aromatic N) is 7. The van der Waals surface area contributed by atoms with Crippen molar-refractivity contribution in [3.05, 3.63) is 122 Å². The van der Waals surface area contributed by atoms with Crippen molar-refractivity contribution >= 4 is 63.6 Å². The molecule has 4 amide bonds. The van der Waals surface area contributed by atoms with Gasteiger partial charge in [-0.1, -0.05) is 68.8 Å². The van der Waals surface area contributed by atoms with E-state index in [2.05, 4.69) is 50.0 Å². The number of rotatable bonds is 15. The molecule has 0 spiro atoms. The largest absolute Gasteiger partial charge is 0.482 e. The Bertz CT molecular complexity index is 3050. The van der Waals surface area contributed by atoms with Crippen molar-refractivity contribution in [1.82, 2.24) is 45.6 Å². The summed E-state index contributed by atoms with van der Waals surface area (Å²) in [7, 11) is 0. The number of aliphatic imine (C=N–C) groups is 1. The quantitative estimate of drug-likeness (QED) is 0.0791. The minimum absolute atomic E-state index is 0.0471. The van der Waals surface area contributed by atoms with Gasteiger partial charge in [0, 0.05) is 58.9 Å². The molecule has 6 aromatic rings. The minimum Gasteiger partial charge on any atom is -0.482 e. The Morgan fingerprint density at radius 1 is 0.904 bits per heavy atom. The molecule has 382 valence electrons. The molecule has 2 aromatic carbocycles. The van der Waals surface area contributed by atoms with Crippen LogP contribution in [0, 0.1) is 33.1 Å². The number of nitrogens with one attached hydrogen (secondary N) is 3. The van der Waals surface area contributed by atoms with Gasteiger partial charge >= 0.3 is 0 Å². The van der Waals surface area contributed by atoms with Crippen LogP contribution in [0.15, 0.2) is 77.4 Å². The lowest BCUT2D eigenvalue weighted by Crippen LogP contribution is -2.58. The Morgan fingerprint density at radius 3 is 2.30 bits per heavy atom. The number of hydrogen-bond acceptors (Lipinski definition) is 14. The van der Waals surface area contributed by atoms with Crippen LogP contribution in [0.2, 0.25) is 5.02 Å². The molecular weight excluding hydrogens is 988 g/mol. The molecule has 0 radical (unpaired) electrons. The zero-order valence-electron chi connectivity index (χ0n) is 41.9. The second kappa shape index (κ2) is 21.1. The van der Waals surface area contributed by atoms with Gasteiger partial charge in [-0.05, 0) is 74.9 Å². The lowest BCUT2D eigenvalue weighted by Gasteiger charge is -2.35. The SMILES string of the molecule is Cc1ncsc1-c1ccc([C@H](C)NC(=O)[C@H]2C[C@H](O)CN2C(=O)C(NC(=O)COc2ccc(O[C@H]3C[C@@H](NC(=O)C[C@@H]4N=C(c5ccc(Cl)cc5)c5c(sc(C)c5C)-n5c(C)nnc54)C3)nc2)C(C)(C)C)cc1. The minimum atomic E-state index is -1.03. The first-order valence-corrected chi connectivity index (χ1v) is 26.4. The number of thiazole rings is 1. The smallest absolute Gasteiger partial charge is 0.258 e. The maximum atomic E-state index is 14.2. The molecule has 73 heavy (non-hydrogen) atoms. The topological polar surface area (TPSA) is 215 Å². The molecule has 1 saturated heterocycles. The summed E-state index contributed by atoms with van der Waals surface area (Å²) in [6.07, 6.45) is 1.68. The number of β-amino-alcohol motifs (C(OH)–C–C–N with tert-alkyl or cyclic N) is 1. The lowest BCUT2D eigenvalue weighted by molar-refractivity contribution is -0.144. The molecule has 1 aliphatic carbocycles. The maximum Gasteiger partial charge on any atom is 0.258 e. The monoisotopic (exact) mass is 1050 g/mol. The van der Waals surface area contributed by atoms with Gasteiger partial charge in [-0.25, -0.2) is 9.97 Å². The molecule has 0 bridgehead atoms. The van der Waals surface area contributed by atoms with Gasteiger partial charge in [0.25, 0.3) is 5.91 Å². The van der Waals surface area contributed by atoms with Gasteiger partial charge in [-0.2, -0.15) is 0 Å². The number of pyridine rings is 1. The predicted molar refractivity (Wildman–Crippen MR) is 280 cm³/mol. The summed E-state index contributed by atoms with van der Waals surface area (Å²) in [5.41, 5.74) is 7.73. The normalized spacial score (nSPS) is 20.1. The average Bonchev–Trinajstić information content (AvgIpc) is 4.11. The number of hydrogen-bond donors (Lipinski definition) is 4. The predicted octanol–water partition coefficient (Wildman–Crippen LogP) is 7.49. The summed E-state index contributed by atoms with van der Waals surface area (Å²) < 4.78 is 13.9. The number of carbonyl (C=O) groups excluding carboxylic acids is 4. The van der Waals surface area contributed by atoms with E-state index in [1.807, 2.05) is 100 Å². The van der Waals surface area contributed by atoms with E-state index in [0.717, 1.165) is 59.8 Å². The van der Waals surface area contributed by atoms with E-state index < -0.39 is 54.0 Å². The molecule has 2 aliphatic heterocycles. The van der Waals surface area contributed by atoms with Crippen molar-refractivity contribution in [2.45, 2.75) is 123 Å². The van der Waals surface area contributed by atoms with Crippen LogP contribution < -0.4 is 25.4 Å². The van der Waals surface area contributed by atoms with Crippen LogP contribution in [0.1, 0.15) is 110 Å². The number of aromatic nitrogens is 5. The first kappa shape index (κ1) is 51.4. The Hall–Kier alpha value is -6.54. The van der Waals surface area contributed by atoms with Gasteiger partial charge in [0.15, 0.2) is 12.4 Å². The zero-order chi connectivity index (χ0) is 51.9. The fraction of sp³-hybridized carbons (Fsp3) is 0.415. The number of amides is 4. The van der Waals surface area contributed by atoms with Crippen molar-refractivity contribution in [3.63, 3.8) is 0 Å². The van der Waals surface area contributed by atoms with E-state index in [-0.39, 0.29) is 43.5 Å². The fourth-order valence-electron chi connectivity index (χ4n) is 9.43. The zero-order valence-corrected chi connectivity index (χ0v) is 44.3. The lowest BCUT2D eigenvalue weighted by atomic mass is 9.85. The van der Waals surface area contributed by atoms with Crippen molar-refractivity contribution in [2.75, 3.05) is 13.2 Å². The van der Waals surface area contributed by atoms with Crippen molar-refractivity contribution < 1.29 is 33.8 Å². The van der Waals surface area contributed by atoms with Crippen LogP contribution in [-0.4, -0.2) is 108 Å². The van der Waals surface area contributed by atoms with Crippen LogP contribution in [0.4, 0.5) is 0 Å². The summed E-state index contributed by atoms with van der Waals surface area (Å²) in [4.78, 5) is 72.4. The number of carbonyl (C=O) groups is 4. The number of ether oxygens (including phenoxy) is 2. The molecular formula is C53H59ClN10O7S2. The summed E-state index contributed by atoms with van der Waals surface area (Å²) in [5, 5.41) is 30.2. The molecule has 5 atom stereocenters. The molecule has 4 N–H and O–H groups in total. The number of thiophene rings is 1. The maximum absolute atomic E-state index is 14.2. The Balaban J connectivity index is 0.750. The number of aliphatic hydroxyl groups excluding tert-OH is 1. The number of fused-ring (bicyclic) bond motifs is 3. The van der Waals surface area contributed by atoms with Crippen LogP contribution in [-0.2, 0) is 19.2 Å². The van der Waals surface area contributed by atoms with Gasteiger partial charge in [0.2, 0.25) is 23.6 Å². The summed E-state index contributed by atoms with van der Waals surface area (Å²) in [5.74, 6) is 0.432. The van der Waals surface area contributed by atoms with Crippen LogP contribution >= 0.6 is 34.3 Å². The van der Waals surface area contributed by atoms with E-state index in [1.165, 1.54) is 11.1 Å². The van der Waals surface area contributed by atoms with E-state index in [0.29, 0.717) is 35.3 Å². The standard InChI is InChI=1S/C53H59ClN10O7S2/c1-27-30(4)73-52-45(27)46(33-13-15-35(54)16-14-33)59-40(49-62-61-31(5)64(49)52)22-42(66)58-36-19-39(20-36)71-44-18-17-38(23-55-44)70-25-43(67)60-48(53(6,7)8)51(69)63-24-37(65)21-41(63)50(68)57-28(2)32-9-11-34(12-10-32)47-29(3)56-26-72-47/h9-18,23,26,28,36-37,39-41,48,65H,19-22,24-25H2,1-8H3,(H,57,68)(H,58,66)(H,60,67)/t28-,36-,37-,39+,40-,41+,48?/m0/s1. The fourth-order valence-corrected chi connectivity index (χ4v) is 11.6. The highest BCUT2D eigenvalue weighted by Gasteiger charge is 2.45. The van der Waals surface area contributed by atoms with Crippen molar-refractivity contribution in [2.24, 2.45) is 10.4 Å². The van der Waals surface area contributed by atoms with Gasteiger partial charge in [-0.3, -0.25) is 28.7 Å². The first-order valence-electron chi connectivity index (χ1n) is 24.3. The Labute approximate surface area is 436 Å². The Kier molecular flexibility index (Phi) is 14.9. The number of likely N-dealkylation sites (tertiary alicyclic amines) is 1. The average molecular weight is 1050 g/mol. The van der Waals surface area contributed by atoms with Crippen LogP contribution in [0.5, 0.6) is 11.6 Å². The third-order valence-electron chi connectivity index (χ3n) is 13.6. The second-order valence-electron chi connectivity index (χ2n) is 20.1. The first-order chi connectivity index (χ1) is 34.8. The molecule has 4 aromatic heterocycles. The highest BCUT2D eigenvalue weighted by Crippen LogP contribution is 2.40. The molecule has 1 unspecified atom stereocenters. The van der Waals surface area contributed by atoms with Gasteiger partial charge in [0.05, 0.1) is 46.6 Å². The molecule has 1 saturated carbocycles. The second-order valence-corrected chi connectivity index (χ2v) is 22.6. The molecule has 17 nitrogen and oxygen atoms in total. The van der Waals surface area contributed by atoms with Crippen LogP contribution in [0.3, 0.4) is 0 Å².